The maximum atomic E-state index is 12.9. The van der Waals surface area contributed by atoms with Gasteiger partial charge in [-0.05, 0) is 32.5 Å². The Morgan fingerprint density at radius 2 is 2.10 bits per heavy atom. The van der Waals surface area contributed by atoms with E-state index in [9.17, 15) is 13.2 Å². The summed E-state index contributed by atoms with van der Waals surface area (Å²) in [6, 6.07) is 1.23. The number of nitrogen functional groups attached to an aromatic ring is 1. The minimum absolute atomic E-state index is 0.156. The van der Waals surface area contributed by atoms with Crippen LogP contribution >= 0.6 is 0 Å². The van der Waals surface area contributed by atoms with Crippen molar-refractivity contribution in [2.75, 3.05) is 37.3 Å². The molecule has 2 rings (SSSR count). The monoisotopic (exact) mass is 302 g/mol. The highest BCUT2D eigenvalue weighted by atomic mass is 19.4. The highest BCUT2D eigenvalue weighted by Gasteiger charge is 2.34. The van der Waals surface area contributed by atoms with E-state index in [4.69, 9.17) is 5.73 Å². The van der Waals surface area contributed by atoms with E-state index in [1.807, 2.05) is 18.9 Å². The second kappa shape index (κ2) is 6.09. The first-order chi connectivity index (χ1) is 9.82. The Bertz CT molecular complexity index is 490. The number of halogens is 3. The lowest BCUT2D eigenvalue weighted by molar-refractivity contribution is -0.141. The van der Waals surface area contributed by atoms with Crippen molar-refractivity contribution in [1.29, 1.82) is 0 Å². The van der Waals surface area contributed by atoms with E-state index in [0.29, 0.717) is 17.9 Å². The zero-order valence-corrected chi connectivity index (χ0v) is 12.3. The van der Waals surface area contributed by atoms with E-state index in [1.165, 1.54) is 0 Å². The van der Waals surface area contributed by atoms with Crippen molar-refractivity contribution >= 4 is 11.4 Å². The molecule has 1 unspecified atom stereocenters. The van der Waals surface area contributed by atoms with Gasteiger partial charge in [-0.2, -0.15) is 13.2 Å². The average Bonchev–Trinajstić information content (AvgIpc) is 2.59. The van der Waals surface area contributed by atoms with Crippen LogP contribution in [0, 0.1) is 0 Å². The molecule has 4 nitrogen and oxygen atoms in total. The smallest absolute Gasteiger partial charge is 0.396 e. The van der Waals surface area contributed by atoms with Crippen molar-refractivity contribution in [2.45, 2.75) is 32.0 Å². The molecule has 2 heterocycles. The second-order valence-corrected chi connectivity index (χ2v) is 5.50. The fourth-order valence-corrected chi connectivity index (χ4v) is 2.77. The number of rotatable bonds is 2. The van der Waals surface area contributed by atoms with Gasteiger partial charge in [-0.25, -0.2) is 4.98 Å². The van der Waals surface area contributed by atoms with Crippen molar-refractivity contribution in [3.05, 3.63) is 18.0 Å². The van der Waals surface area contributed by atoms with Crippen LogP contribution in [-0.4, -0.2) is 42.6 Å². The molecule has 2 N–H and O–H groups in total. The Labute approximate surface area is 122 Å². The van der Waals surface area contributed by atoms with Gasteiger partial charge >= 0.3 is 6.18 Å². The Balaban J connectivity index is 2.38. The molecule has 21 heavy (non-hydrogen) atoms. The molecule has 118 valence electrons. The summed E-state index contributed by atoms with van der Waals surface area (Å²) >= 11 is 0. The zero-order valence-electron chi connectivity index (χ0n) is 12.3. The number of nitrogens with two attached hydrogens (primary N) is 1. The van der Waals surface area contributed by atoms with Crippen LogP contribution in [-0.2, 0) is 6.18 Å². The number of likely N-dealkylation sites (N-methyl/N-ethyl adjacent to an activating group) is 1. The summed E-state index contributed by atoms with van der Waals surface area (Å²) < 4.78 is 38.6. The molecule has 1 atom stereocenters. The lowest BCUT2D eigenvalue weighted by Crippen LogP contribution is -2.40. The molecule has 0 spiro atoms. The average molecular weight is 302 g/mol. The minimum atomic E-state index is -4.45. The molecule has 0 aromatic carbocycles. The molecular weight excluding hydrogens is 281 g/mol. The van der Waals surface area contributed by atoms with Crippen molar-refractivity contribution in [3.8, 4) is 0 Å². The SMILES string of the molecule is CCC1CN(C)CCCN1c1cc(C(F)(F)F)ncc1N. The normalized spacial score (nSPS) is 21.4. The largest absolute Gasteiger partial charge is 0.433 e. The van der Waals surface area contributed by atoms with Crippen LogP contribution in [0.25, 0.3) is 0 Å². The minimum Gasteiger partial charge on any atom is -0.396 e. The van der Waals surface area contributed by atoms with Gasteiger partial charge in [0.2, 0.25) is 0 Å². The number of hydrogen-bond donors (Lipinski definition) is 1. The van der Waals surface area contributed by atoms with Crippen LogP contribution in [0.3, 0.4) is 0 Å². The highest BCUT2D eigenvalue weighted by Crippen LogP contribution is 2.34. The molecule has 1 fully saturated rings. The van der Waals surface area contributed by atoms with Gasteiger partial charge in [-0.1, -0.05) is 6.92 Å². The van der Waals surface area contributed by atoms with E-state index < -0.39 is 11.9 Å². The third-order valence-corrected chi connectivity index (χ3v) is 3.89. The number of nitrogens with zero attached hydrogens (tertiary/aromatic N) is 3. The summed E-state index contributed by atoms with van der Waals surface area (Å²) in [6.07, 6.45) is -1.59. The van der Waals surface area contributed by atoms with Gasteiger partial charge in [0.25, 0.3) is 0 Å². The zero-order chi connectivity index (χ0) is 15.6. The highest BCUT2D eigenvalue weighted by molar-refractivity contribution is 5.67. The van der Waals surface area contributed by atoms with Gasteiger partial charge in [0.05, 0.1) is 17.6 Å². The molecule has 1 saturated heterocycles. The van der Waals surface area contributed by atoms with E-state index in [0.717, 1.165) is 38.2 Å². The first kappa shape index (κ1) is 15.9. The summed E-state index contributed by atoms with van der Waals surface area (Å²) in [7, 11) is 2.03. The van der Waals surface area contributed by atoms with Gasteiger partial charge in [-0.3, -0.25) is 0 Å². The molecule has 7 heteroatoms. The Kier molecular flexibility index (Phi) is 4.61. The molecular formula is C14H21F3N4. The lowest BCUT2D eigenvalue weighted by Gasteiger charge is -2.33. The van der Waals surface area contributed by atoms with E-state index in [-0.39, 0.29) is 6.04 Å². The van der Waals surface area contributed by atoms with Crippen molar-refractivity contribution in [3.63, 3.8) is 0 Å². The van der Waals surface area contributed by atoms with Crippen LogP contribution in [0.2, 0.25) is 0 Å². The predicted octanol–water partition coefficient (Wildman–Crippen LogP) is 2.60. The second-order valence-electron chi connectivity index (χ2n) is 5.50. The van der Waals surface area contributed by atoms with Crippen LogP contribution in [0.1, 0.15) is 25.5 Å². The lowest BCUT2D eigenvalue weighted by atomic mass is 10.1. The molecule has 0 radical (unpaired) electrons. The van der Waals surface area contributed by atoms with Crippen molar-refractivity contribution < 1.29 is 13.2 Å². The third kappa shape index (κ3) is 3.58. The molecule has 0 bridgehead atoms. The summed E-state index contributed by atoms with van der Waals surface area (Å²) in [5, 5.41) is 0. The predicted molar refractivity (Wildman–Crippen MR) is 77.2 cm³/mol. The van der Waals surface area contributed by atoms with Gasteiger partial charge in [-0.15, -0.1) is 0 Å². The summed E-state index contributed by atoms with van der Waals surface area (Å²) in [5.41, 5.74) is 5.73. The molecule has 1 aliphatic heterocycles. The van der Waals surface area contributed by atoms with Gasteiger partial charge in [0.15, 0.2) is 0 Å². The van der Waals surface area contributed by atoms with Crippen LogP contribution in [0.5, 0.6) is 0 Å². The van der Waals surface area contributed by atoms with E-state index in [1.54, 1.807) is 0 Å². The first-order valence-corrected chi connectivity index (χ1v) is 7.10. The molecule has 0 amide bonds. The van der Waals surface area contributed by atoms with Crippen molar-refractivity contribution in [1.82, 2.24) is 9.88 Å². The van der Waals surface area contributed by atoms with Gasteiger partial charge in [0.1, 0.15) is 5.69 Å². The summed E-state index contributed by atoms with van der Waals surface area (Å²) in [6.45, 7) is 4.50. The fourth-order valence-electron chi connectivity index (χ4n) is 2.77. The quantitative estimate of drug-likeness (QED) is 0.912. The number of aromatic nitrogens is 1. The number of pyridine rings is 1. The Morgan fingerprint density at radius 3 is 2.71 bits per heavy atom. The van der Waals surface area contributed by atoms with Crippen molar-refractivity contribution in [2.24, 2.45) is 0 Å². The maximum Gasteiger partial charge on any atom is 0.433 e. The number of hydrogen-bond acceptors (Lipinski definition) is 4. The topological polar surface area (TPSA) is 45.4 Å². The molecule has 1 aromatic heterocycles. The summed E-state index contributed by atoms with van der Waals surface area (Å²) in [5.74, 6) is 0. The maximum absolute atomic E-state index is 12.9. The molecule has 1 aromatic rings. The van der Waals surface area contributed by atoms with Gasteiger partial charge < -0.3 is 15.5 Å². The molecule has 0 saturated carbocycles. The molecule has 1 aliphatic rings. The van der Waals surface area contributed by atoms with E-state index >= 15 is 0 Å². The van der Waals surface area contributed by atoms with E-state index in [2.05, 4.69) is 9.88 Å². The Hall–Kier alpha value is -1.50. The van der Waals surface area contributed by atoms with Gasteiger partial charge in [0, 0.05) is 19.1 Å². The number of alkyl halides is 3. The van der Waals surface area contributed by atoms with Crippen LogP contribution in [0.4, 0.5) is 24.5 Å². The number of anilines is 2. The standard InChI is InChI=1S/C14H21F3N4/c1-3-10-9-20(2)5-4-6-21(10)12-7-13(14(15,16)17)19-8-11(12)18/h7-8,10H,3-6,9,18H2,1-2H3. The third-order valence-electron chi connectivity index (χ3n) is 3.89. The fraction of sp³-hybridized carbons (Fsp3) is 0.643. The Morgan fingerprint density at radius 1 is 1.38 bits per heavy atom. The first-order valence-electron chi connectivity index (χ1n) is 7.10. The summed E-state index contributed by atoms with van der Waals surface area (Å²) in [4.78, 5) is 7.61. The molecule has 0 aliphatic carbocycles. The van der Waals surface area contributed by atoms with Crippen LogP contribution in [0.15, 0.2) is 12.3 Å². The van der Waals surface area contributed by atoms with Crippen LogP contribution < -0.4 is 10.6 Å².